The SMILES string of the molecule is CCCCCC/C=C\C=C/CCCCCCCC(=O)O[C@H](COC(=O)CCCCCCCCC(C)C)COP(=O)(O)OC[C@H](O)COP(=O)(O)OC[C@@H](COC(=O)CCCCCCCCCCCCCCCCCCCCC)OC(=O)CCCCCCCCCCCCCCCCCCCCC(C)C. The van der Waals surface area contributed by atoms with Crippen molar-refractivity contribution in [3.8, 4) is 0 Å². The second-order valence-electron chi connectivity index (χ2n) is 30.8. The summed E-state index contributed by atoms with van der Waals surface area (Å²) in [6.07, 6.45) is 70.5. The number of unbranched alkanes of at least 4 members (excludes halogenated alkanes) is 49. The first-order valence-corrected chi connectivity index (χ1v) is 46.3. The van der Waals surface area contributed by atoms with Crippen LogP contribution in [0.5, 0.6) is 0 Å². The number of hydrogen-bond acceptors (Lipinski definition) is 15. The summed E-state index contributed by atoms with van der Waals surface area (Å²) in [7, 11) is -9.94. The average Bonchev–Trinajstić information content (AvgIpc) is 0.912. The molecule has 0 aromatic rings. The molecule has 104 heavy (non-hydrogen) atoms. The van der Waals surface area contributed by atoms with Crippen LogP contribution in [0.2, 0.25) is 0 Å². The molecule has 0 aliphatic rings. The molecule has 614 valence electrons. The van der Waals surface area contributed by atoms with E-state index in [9.17, 15) is 43.2 Å². The van der Waals surface area contributed by atoms with Crippen LogP contribution in [0.25, 0.3) is 0 Å². The van der Waals surface area contributed by atoms with E-state index in [1.54, 1.807) is 0 Å². The third-order valence-corrected chi connectivity index (χ3v) is 21.2. The van der Waals surface area contributed by atoms with Crippen LogP contribution < -0.4 is 0 Å². The summed E-state index contributed by atoms with van der Waals surface area (Å²) < 4.78 is 68.7. The molecule has 0 aromatic heterocycles. The fourth-order valence-electron chi connectivity index (χ4n) is 12.7. The van der Waals surface area contributed by atoms with E-state index >= 15 is 0 Å². The number of rotatable bonds is 82. The van der Waals surface area contributed by atoms with E-state index in [0.717, 1.165) is 115 Å². The largest absolute Gasteiger partial charge is 0.472 e. The summed E-state index contributed by atoms with van der Waals surface area (Å²) >= 11 is 0. The number of aliphatic hydroxyl groups excluding tert-OH is 1. The van der Waals surface area contributed by atoms with Crippen LogP contribution in [-0.4, -0.2) is 96.7 Å². The van der Waals surface area contributed by atoms with Crippen LogP contribution in [0.3, 0.4) is 0 Å². The zero-order chi connectivity index (χ0) is 76.4. The van der Waals surface area contributed by atoms with Crippen LogP contribution in [0.4, 0.5) is 0 Å². The summed E-state index contributed by atoms with van der Waals surface area (Å²) in [5.74, 6) is -0.642. The van der Waals surface area contributed by atoms with Gasteiger partial charge in [0.15, 0.2) is 12.2 Å². The molecular formula is C85H162O17P2. The lowest BCUT2D eigenvalue weighted by Crippen LogP contribution is -2.30. The van der Waals surface area contributed by atoms with Gasteiger partial charge >= 0.3 is 39.5 Å². The lowest BCUT2D eigenvalue weighted by Gasteiger charge is -2.21. The Labute approximate surface area is 637 Å². The molecule has 0 saturated carbocycles. The normalized spacial score (nSPS) is 14.0. The Morgan fingerprint density at radius 2 is 0.519 bits per heavy atom. The Kier molecular flexibility index (Phi) is 74.1. The van der Waals surface area contributed by atoms with Crippen molar-refractivity contribution < 1.29 is 80.2 Å². The van der Waals surface area contributed by atoms with Gasteiger partial charge in [0.2, 0.25) is 0 Å². The number of phosphoric acid groups is 2. The van der Waals surface area contributed by atoms with Crippen LogP contribution in [0.1, 0.15) is 427 Å². The molecule has 0 radical (unpaired) electrons. The molecule has 5 atom stereocenters. The minimum Gasteiger partial charge on any atom is -0.462 e. The number of aliphatic hydroxyl groups is 1. The second kappa shape index (κ2) is 75.9. The molecule has 0 aliphatic carbocycles. The zero-order valence-electron chi connectivity index (χ0n) is 67.8. The fraction of sp³-hybridized carbons (Fsp3) is 0.906. The quantitative estimate of drug-likeness (QED) is 0.0169. The Hall–Kier alpha value is -2.46. The first-order chi connectivity index (χ1) is 50.4. The van der Waals surface area contributed by atoms with Gasteiger partial charge in [-0.2, -0.15) is 0 Å². The smallest absolute Gasteiger partial charge is 0.462 e. The second-order valence-corrected chi connectivity index (χ2v) is 33.7. The molecule has 3 N–H and O–H groups in total. The minimum absolute atomic E-state index is 0.0842. The van der Waals surface area contributed by atoms with Gasteiger partial charge < -0.3 is 33.8 Å². The van der Waals surface area contributed by atoms with E-state index in [0.29, 0.717) is 31.6 Å². The predicted molar refractivity (Wildman–Crippen MR) is 427 cm³/mol. The molecule has 19 heteroatoms. The van der Waals surface area contributed by atoms with E-state index in [2.05, 4.69) is 65.8 Å². The van der Waals surface area contributed by atoms with Crippen LogP contribution in [0.15, 0.2) is 24.3 Å². The molecule has 0 bridgehead atoms. The topological polar surface area (TPSA) is 237 Å². The summed E-state index contributed by atoms with van der Waals surface area (Å²) in [5.41, 5.74) is 0. The van der Waals surface area contributed by atoms with E-state index in [1.165, 1.54) is 225 Å². The molecule has 17 nitrogen and oxygen atoms in total. The molecule has 0 heterocycles. The van der Waals surface area contributed by atoms with Crippen LogP contribution in [-0.2, 0) is 65.4 Å². The van der Waals surface area contributed by atoms with Gasteiger partial charge in [-0.1, -0.05) is 374 Å². The molecule has 0 fully saturated rings. The van der Waals surface area contributed by atoms with E-state index in [1.807, 2.05) is 0 Å². The molecular weight excluding hydrogens is 1350 g/mol. The maximum atomic E-state index is 13.1. The molecule has 0 aromatic carbocycles. The Balaban J connectivity index is 5.24. The Morgan fingerprint density at radius 1 is 0.298 bits per heavy atom. The van der Waals surface area contributed by atoms with Crippen molar-refractivity contribution in [3.63, 3.8) is 0 Å². The van der Waals surface area contributed by atoms with Gasteiger partial charge in [0.05, 0.1) is 26.4 Å². The Morgan fingerprint density at radius 3 is 0.788 bits per heavy atom. The summed E-state index contributed by atoms with van der Waals surface area (Å²) in [6.45, 7) is 9.54. The maximum absolute atomic E-state index is 13.1. The standard InChI is InChI=1S/C85H162O17P2/c1-7-9-11-13-15-17-19-21-23-24-25-29-33-36-40-44-48-55-61-67-82(87)95-73-80(101-84(89)69-64-58-50-46-42-38-34-30-27-26-28-32-35-39-43-47-53-59-65-77(3)4)75-99-103(91,92)97-71-79(86)72-98-104(93,94)100-76-81(74-96-83(88)68-62-56-52-51-54-60-66-78(5)6)102-85(90)70-63-57-49-45-41-37-31-22-20-18-16-14-12-10-8-2/h18,20,22,31,77-81,86H,7-17,19,21,23-30,32-76H2,1-6H3,(H,91,92)(H,93,94)/b20-18-,31-22-/t79-,80-,81-/m1/s1. The summed E-state index contributed by atoms with van der Waals surface area (Å²) in [6, 6.07) is 0. The molecule has 2 unspecified atom stereocenters. The highest BCUT2D eigenvalue weighted by atomic mass is 31.2. The van der Waals surface area contributed by atoms with Crippen molar-refractivity contribution in [3.05, 3.63) is 24.3 Å². The number of esters is 4. The number of ether oxygens (including phenoxy) is 4. The van der Waals surface area contributed by atoms with Crippen molar-refractivity contribution in [1.29, 1.82) is 0 Å². The number of hydrogen-bond donors (Lipinski definition) is 3. The third kappa shape index (κ3) is 77.7. The van der Waals surface area contributed by atoms with Crippen LogP contribution >= 0.6 is 15.6 Å². The zero-order valence-corrected chi connectivity index (χ0v) is 69.6. The van der Waals surface area contributed by atoms with Crippen molar-refractivity contribution >= 4 is 39.5 Å². The number of phosphoric ester groups is 2. The average molecular weight is 1520 g/mol. The van der Waals surface area contributed by atoms with Gasteiger partial charge in [-0.15, -0.1) is 0 Å². The first kappa shape index (κ1) is 102. The van der Waals surface area contributed by atoms with Gasteiger partial charge in [0.1, 0.15) is 19.3 Å². The van der Waals surface area contributed by atoms with Crippen molar-refractivity contribution in [1.82, 2.24) is 0 Å². The lowest BCUT2D eigenvalue weighted by molar-refractivity contribution is -0.161. The maximum Gasteiger partial charge on any atom is 0.472 e. The van der Waals surface area contributed by atoms with Gasteiger partial charge in [-0.05, 0) is 63.2 Å². The number of carbonyl (C=O) groups is 4. The van der Waals surface area contributed by atoms with Gasteiger partial charge in [0.25, 0.3) is 0 Å². The van der Waals surface area contributed by atoms with E-state index < -0.39 is 97.5 Å². The van der Waals surface area contributed by atoms with E-state index in [4.69, 9.17) is 37.0 Å². The lowest BCUT2D eigenvalue weighted by atomic mass is 10.0. The van der Waals surface area contributed by atoms with Crippen LogP contribution in [0, 0.1) is 11.8 Å². The molecule has 0 rings (SSSR count). The summed E-state index contributed by atoms with van der Waals surface area (Å²) in [4.78, 5) is 73.1. The minimum atomic E-state index is -4.97. The molecule has 0 saturated heterocycles. The van der Waals surface area contributed by atoms with Gasteiger partial charge in [0, 0.05) is 25.7 Å². The molecule has 0 spiro atoms. The van der Waals surface area contributed by atoms with Gasteiger partial charge in [-0.25, -0.2) is 9.13 Å². The third-order valence-electron chi connectivity index (χ3n) is 19.3. The predicted octanol–water partition coefficient (Wildman–Crippen LogP) is 25.4. The van der Waals surface area contributed by atoms with Crippen molar-refractivity contribution in [2.45, 2.75) is 445 Å². The highest BCUT2D eigenvalue weighted by Crippen LogP contribution is 2.45. The molecule has 0 aliphatic heterocycles. The number of allylic oxidation sites excluding steroid dienone is 4. The fourth-order valence-corrected chi connectivity index (χ4v) is 14.3. The summed E-state index contributed by atoms with van der Waals surface area (Å²) in [5, 5.41) is 10.7. The van der Waals surface area contributed by atoms with E-state index in [-0.39, 0.29) is 25.7 Å². The van der Waals surface area contributed by atoms with Gasteiger partial charge in [-0.3, -0.25) is 37.3 Å². The highest BCUT2D eigenvalue weighted by Gasteiger charge is 2.30. The van der Waals surface area contributed by atoms with Crippen molar-refractivity contribution in [2.24, 2.45) is 11.8 Å². The first-order valence-electron chi connectivity index (χ1n) is 43.3. The number of carbonyl (C=O) groups excluding carboxylic acids is 4. The molecule has 0 amide bonds. The Bertz CT molecular complexity index is 2090. The highest BCUT2D eigenvalue weighted by molar-refractivity contribution is 7.47. The monoisotopic (exact) mass is 1520 g/mol. The van der Waals surface area contributed by atoms with Crippen molar-refractivity contribution in [2.75, 3.05) is 39.6 Å².